The van der Waals surface area contributed by atoms with E-state index in [1.54, 1.807) is 0 Å². The number of benzene rings is 1. The van der Waals surface area contributed by atoms with Crippen molar-refractivity contribution in [3.05, 3.63) is 40.5 Å². The highest BCUT2D eigenvalue weighted by Crippen LogP contribution is 2.21. The molecule has 0 aliphatic carbocycles. The number of fused-ring (bicyclic) bond motifs is 1. The molecule has 0 unspecified atom stereocenters. The Morgan fingerprint density at radius 3 is 2.87 bits per heavy atom. The standard InChI is InChI=1S/C12H13ClN2/c1-8-6-10(4-5-14)15-12-3-2-9(13)7-11(8)12/h2-3,6-7H,4-5,14H2,1H3. The van der Waals surface area contributed by atoms with Crippen LogP contribution < -0.4 is 5.73 Å². The number of nitrogens with two attached hydrogens (primary N) is 1. The van der Waals surface area contributed by atoms with Crippen molar-refractivity contribution in [2.45, 2.75) is 13.3 Å². The van der Waals surface area contributed by atoms with E-state index in [2.05, 4.69) is 18.0 Å². The molecule has 0 bridgehead atoms. The fourth-order valence-corrected chi connectivity index (χ4v) is 1.88. The third kappa shape index (κ3) is 2.11. The molecular weight excluding hydrogens is 208 g/mol. The second-order valence-electron chi connectivity index (χ2n) is 3.63. The predicted octanol–water partition coefficient (Wildman–Crippen LogP) is 2.70. The third-order valence-corrected chi connectivity index (χ3v) is 2.67. The summed E-state index contributed by atoms with van der Waals surface area (Å²) in [5.41, 5.74) is 8.75. The highest BCUT2D eigenvalue weighted by molar-refractivity contribution is 6.31. The van der Waals surface area contributed by atoms with Gasteiger partial charge in [-0.1, -0.05) is 11.6 Å². The molecule has 2 aromatic rings. The van der Waals surface area contributed by atoms with Crippen LogP contribution in [0.3, 0.4) is 0 Å². The lowest BCUT2D eigenvalue weighted by Crippen LogP contribution is -2.04. The van der Waals surface area contributed by atoms with Crippen molar-refractivity contribution in [1.82, 2.24) is 4.98 Å². The Morgan fingerprint density at radius 1 is 1.33 bits per heavy atom. The average molecular weight is 221 g/mol. The Hall–Kier alpha value is -1.12. The second kappa shape index (κ2) is 4.17. The Labute approximate surface area is 94.1 Å². The van der Waals surface area contributed by atoms with E-state index in [9.17, 15) is 0 Å². The van der Waals surface area contributed by atoms with Crippen molar-refractivity contribution in [3.63, 3.8) is 0 Å². The number of aryl methyl sites for hydroxylation is 1. The number of halogens is 1. The van der Waals surface area contributed by atoms with Crippen LogP contribution in [0.4, 0.5) is 0 Å². The average Bonchev–Trinajstić information content (AvgIpc) is 2.20. The lowest BCUT2D eigenvalue weighted by Gasteiger charge is -2.05. The molecule has 2 nitrogen and oxygen atoms in total. The summed E-state index contributed by atoms with van der Waals surface area (Å²) in [4.78, 5) is 4.53. The van der Waals surface area contributed by atoms with Crippen LogP contribution >= 0.6 is 11.6 Å². The third-order valence-electron chi connectivity index (χ3n) is 2.43. The second-order valence-corrected chi connectivity index (χ2v) is 4.07. The summed E-state index contributed by atoms with van der Waals surface area (Å²) in [5, 5.41) is 1.86. The molecule has 0 radical (unpaired) electrons. The summed E-state index contributed by atoms with van der Waals surface area (Å²) in [6.07, 6.45) is 0.819. The molecule has 3 heteroatoms. The molecule has 0 aliphatic heterocycles. The maximum atomic E-state index is 5.94. The molecule has 1 aromatic carbocycles. The van der Waals surface area contributed by atoms with Crippen molar-refractivity contribution >= 4 is 22.5 Å². The normalized spacial score (nSPS) is 10.9. The van der Waals surface area contributed by atoms with Gasteiger partial charge in [0.25, 0.3) is 0 Å². The molecule has 1 heterocycles. The minimum Gasteiger partial charge on any atom is -0.330 e. The zero-order valence-corrected chi connectivity index (χ0v) is 9.38. The molecule has 2 rings (SSSR count). The van der Waals surface area contributed by atoms with Gasteiger partial charge in [0, 0.05) is 22.5 Å². The number of pyridine rings is 1. The fraction of sp³-hybridized carbons (Fsp3) is 0.250. The first-order valence-electron chi connectivity index (χ1n) is 4.96. The molecule has 2 N–H and O–H groups in total. The zero-order valence-electron chi connectivity index (χ0n) is 8.63. The molecular formula is C12H13ClN2. The lowest BCUT2D eigenvalue weighted by molar-refractivity contribution is 0.930. The van der Waals surface area contributed by atoms with E-state index < -0.39 is 0 Å². The molecule has 0 saturated heterocycles. The van der Waals surface area contributed by atoms with E-state index in [-0.39, 0.29) is 0 Å². The van der Waals surface area contributed by atoms with Gasteiger partial charge in [-0.05, 0) is 43.3 Å². The van der Waals surface area contributed by atoms with E-state index in [4.69, 9.17) is 17.3 Å². The van der Waals surface area contributed by atoms with Gasteiger partial charge in [0.2, 0.25) is 0 Å². The first kappa shape index (κ1) is 10.4. The summed E-state index contributed by atoms with van der Waals surface area (Å²) in [7, 11) is 0. The fourth-order valence-electron chi connectivity index (χ4n) is 1.71. The summed E-state index contributed by atoms with van der Waals surface area (Å²) in [5.74, 6) is 0. The van der Waals surface area contributed by atoms with E-state index in [0.29, 0.717) is 6.54 Å². The van der Waals surface area contributed by atoms with Crippen LogP contribution in [0, 0.1) is 6.92 Å². The van der Waals surface area contributed by atoms with Crippen molar-refractivity contribution < 1.29 is 0 Å². The van der Waals surface area contributed by atoms with Crippen molar-refractivity contribution in [2.24, 2.45) is 5.73 Å². The summed E-state index contributed by atoms with van der Waals surface area (Å²) in [6.45, 7) is 2.70. The summed E-state index contributed by atoms with van der Waals surface area (Å²) < 4.78 is 0. The Kier molecular flexibility index (Phi) is 2.89. The van der Waals surface area contributed by atoms with E-state index >= 15 is 0 Å². The molecule has 0 saturated carbocycles. The lowest BCUT2D eigenvalue weighted by atomic mass is 10.1. The molecule has 15 heavy (non-hydrogen) atoms. The Bertz CT molecular complexity index is 494. The number of rotatable bonds is 2. The molecule has 0 amide bonds. The van der Waals surface area contributed by atoms with Gasteiger partial charge in [0.1, 0.15) is 0 Å². The van der Waals surface area contributed by atoms with Gasteiger partial charge in [-0.3, -0.25) is 4.98 Å². The van der Waals surface area contributed by atoms with Crippen molar-refractivity contribution in [3.8, 4) is 0 Å². The molecule has 0 atom stereocenters. The monoisotopic (exact) mass is 220 g/mol. The molecule has 78 valence electrons. The van der Waals surface area contributed by atoms with Gasteiger partial charge < -0.3 is 5.73 Å². The number of nitrogens with zero attached hydrogens (tertiary/aromatic N) is 1. The van der Waals surface area contributed by atoms with Gasteiger partial charge in [0.15, 0.2) is 0 Å². The summed E-state index contributed by atoms with van der Waals surface area (Å²) >= 11 is 5.94. The van der Waals surface area contributed by atoms with Crippen LogP contribution in [-0.4, -0.2) is 11.5 Å². The van der Waals surface area contributed by atoms with Crippen LogP contribution in [0.1, 0.15) is 11.3 Å². The van der Waals surface area contributed by atoms with Crippen LogP contribution in [-0.2, 0) is 6.42 Å². The number of aromatic nitrogens is 1. The van der Waals surface area contributed by atoms with Gasteiger partial charge in [-0.15, -0.1) is 0 Å². The van der Waals surface area contributed by atoms with Gasteiger partial charge >= 0.3 is 0 Å². The summed E-state index contributed by atoms with van der Waals surface area (Å²) in [6, 6.07) is 7.84. The number of hydrogen-bond acceptors (Lipinski definition) is 2. The largest absolute Gasteiger partial charge is 0.330 e. The van der Waals surface area contributed by atoms with E-state index in [1.807, 2.05) is 18.2 Å². The maximum absolute atomic E-state index is 5.94. The molecule has 0 spiro atoms. The van der Waals surface area contributed by atoms with Crippen LogP contribution in [0.15, 0.2) is 24.3 Å². The maximum Gasteiger partial charge on any atom is 0.0709 e. The van der Waals surface area contributed by atoms with Gasteiger partial charge in [-0.2, -0.15) is 0 Å². The van der Waals surface area contributed by atoms with Crippen LogP contribution in [0.2, 0.25) is 5.02 Å². The molecule has 1 aromatic heterocycles. The topological polar surface area (TPSA) is 38.9 Å². The molecule has 0 aliphatic rings. The minimum atomic E-state index is 0.630. The smallest absolute Gasteiger partial charge is 0.0709 e. The van der Waals surface area contributed by atoms with Crippen molar-refractivity contribution in [1.29, 1.82) is 0 Å². The van der Waals surface area contributed by atoms with Gasteiger partial charge in [0.05, 0.1) is 5.52 Å². The zero-order chi connectivity index (χ0) is 10.8. The first-order chi connectivity index (χ1) is 7.20. The van der Waals surface area contributed by atoms with E-state index in [0.717, 1.165) is 28.0 Å². The molecule has 0 fully saturated rings. The first-order valence-corrected chi connectivity index (χ1v) is 5.34. The van der Waals surface area contributed by atoms with Crippen LogP contribution in [0.5, 0.6) is 0 Å². The quantitative estimate of drug-likeness (QED) is 0.845. The SMILES string of the molecule is Cc1cc(CCN)nc2ccc(Cl)cc12. The highest BCUT2D eigenvalue weighted by Gasteiger charge is 2.02. The minimum absolute atomic E-state index is 0.630. The number of hydrogen-bond donors (Lipinski definition) is 1. The van der Waals surface area contributed by atoms with Crippen molar-refractivity contribution in [2.75, 3.05) is 6.54 Å². The highest BCUT2D eigenvalue weighted by atomic mass is 35.5. The van der Waals surface area contributed by atoms with Gasteiger partial charge in [-0.25, -0.2) is 0 Å². The Morgan fingerprint density at radius 2 is 2.13 bits per heavy atom. The van der Waals surface area contributed by atoms with E-state index in [1.165, 1.54) is 5.56 Å². The predicted molar refractivity (Wildman–Crippen MR) is 64.2 cm³/mol. The van der Waals surface area contributed by atoms with Crippen LogP contribution in [0.25, 0.3) is 10.9 Å². The Balaban J connectivity index is 2.62.